The molecule has 0 aliphatic carbocycles. The smallest absolute Gasteiger partial charge is 0.150 e. The van der Waals surface area contributed by atoms with Gasteiger partial charge in [-0.05, 0) is 13.8 Å². The highest BCUT2D eigenvalue weighted by molar-refractivity contribution is 9.09. The number of ketones is 1. The molecule has 0 saturated carbocycles. The third kappa shape index (κ3) is 3.82. The van der Waals surface area contributed by atoms with Gasteiger partial charge in [0.15, 0.2) is 5.78 Å². The lowest BCUT2D eigenvalue weighted by Crippen LogP contribution is -2.33. The Bertz CT molecular complexity index is 217. The van der Waals surface area contributed by atoms with E-state index < -0.39 is 5.41 Å². The van der Waals surface area contributed by atoms with E-state index in [1.54, 1.807) is 0 Å². The molecule has 0 aromatic heterocycles. The summed E-state index contributed by atoms with van der Waals surface area (Å²) in [5, 5.41) is 0.127. The van der Waals surface area contributed by atoms with Crippen LogP contribution in [-0.4, -0.2) is 16.5 Å². The maximum atomic E-state index is 11.5. The topological polar surface area (TPSA) is 17.1 Å². The highest BCUT2D eigenvalue weighted by Crippen LogP contribution is 2.29. The molecule has 1 atom stereocenters. The molecule has 0 fully saturated rings. The Balaban J connectivity index is 4.63. The highest BCUT2D eigenvalue weighted by atomic mass is 79.9. The third-order valence-electron chi connectivity index (χ3n) is 2.01. The summed E-state index contributed by atoms with van der Waals surface area (Å²) in [6.45, 7) is 7.69. The van der Waals surface area contributed by atoms with Gasteiger partial charge in [0.1, 0.15) is 0 Å². The summed E-state index contributed by atoms with van der Waals surface area (Å²) >= 11 is 9.28. The average molecular weight is 268 g/mol. The number of carbonyl (C=O) groups excluding carboxylic acids is 1. The Hall–Kier alpha value is 0.180. The molecular weight excluding hydrogens is 251 g/mol. The zero-order valence-electron chi connectivity index (χ0n) is 8.53. The second-order valence-electron chi connectivity index (χ2n) is 3.92. The van der Waals surface area contributed by atoms with E-state index in [9.17, 15) is 4.79 Å². The van der Waals surface area contributed by atoms with Crippen LogP contribution in [0.1, 0.15) is 27.7 Å². The number of Topliss-reactive ketones (excluding diaryl/α,β-unsaturated/α-hetero) is 1. The molecule has 0 spiro atoms. The zero-order valence-corrected chi connectivity index (χ0v) is 10.9. The molecule has 0 rings (SSSR count). The van der Waals surface area contributed by atoms with E-state index >= 15 is 0 Å². The summed E-state index contributed by atoms with van der Waals surface area (Å²) < 4.78 is 0. The van der Waals surface area contributed by atoms with Crippen molar-refractivity contribution in [3.05, 3.63) is 11.6 Å². The summed E-state index contributed by atoms with van der Waals surface area (Å²) in [5.41, 5.74) is 0.637. The van der Waals surface area contributed by atoms with Crippen molar-refractivity contribution in [1.29, 1.82) is 0 Å². The summed E-state index contributed by atoms with van der Waals surface area (Å²) in [4.78, 5) is 11.5. The van der Waals surface area contributed by atoms with E-state index in [0.717, 1.165) is 5.57 Å². The first-order valence-corrected chi connectivity index (χ1v) is 5.76. The van der Waals surface area contributed by atoms with Crippen LogP contribution >= 0.6 is 27.5 Å². The minimum Gasteiger partial charge on any atom is -0.298 e. The number of halogens is 2. The molecule has 76 valence electrons. The molecule has 0 amide bonds. The van der Waals surface area contributed by atoms with Gasteiger partial charge in [-0.2, -0.15) is 0 Å². The second kappa shape index (κ2) is 5.16. The standard InChI is InChI=1S/C10H16BrClO/c1-7(2)5-8(12)10(3,4)9(13)6-11/h5,8H,6H2,1-4H3. The Labute approximate surface area is 93.7 Å². The van der Waals surface area contributed by atoms with Gasteiger partial charge >= 0.3 is 0 Å². The van der Waals surface area contributed by atoms with Gasteiger partial charge in [0.05, 0.1) is 10.7 Å². The fourth-order valence-electron chi connectivity index (χ4n) is 0.827. The first-order valence-electron chi connectivity index (χ1n) is 4.20. The summed E-state index contributed by atoms with van der Waals surface area (Å²) in [6.07, 6.45) is 1.92. The van der Waals surface area contributed by atoms with Crippen LogP contribution in [0.3, 0.4) is 0 Å². The van der Waals surface area contributed by atoms with Gasteiger partial charge < -0.3 is 0 Å². The summed E-state index contributed by atoms with van der Waals surface area (Å²) in [6, 6.07) is 0. The molecule has 1 nitrogen and oxygen atoms in total. The number of rotatable bonds is 4. The lowest BCUT2D eigenvalue weighted by molar-refractivity contribution is -0.123. The van der Waals surface area contributed by atoms with Crippen molar-refractivity contribution in [3.63, 3.8) is 0 Å². The molecule has 1 unspecified atom stereocenters. The molecule has 0 saturated heterocycles. The van der Waals surface area contributed by atoms with Gasteiger partial charge in [0.25, 0.3) is 0 Å². The van der Waals surface area contributed by atoms with Crippen LogP contribution in [0, 0.1) is 5.41 Å². The summed E-state index contributed by atoms with van der Waals surface area (Å²) in [5.74, 6) is 0.130. The molecular formula is C10H16BrClO. The fraction of sp³-hybridized carbons (Fsp3) is 0.700. The molecule has 0 aliphatic heterocycles. The maximum absolute atomic E-state index is 11.5. The lowest BCUT2D eigenvalue weighted by atomic mass is 9.84. The maximum Gasteiger partial charge on any atom is 0.150 e. The van der Waals surface area contributed by atoms with Crippen LogP contribution in [0.2, 0.25) is 0 Å². The fourth-order valence-corrected chi connectivity index (χ4v) is 1.92. The Morgan fingerprint density at radius 1 is 1.54 bits per heavy atom. The van der Waals surface area contributed by atoms with Crippen molar-refractivity contribution in [2.45, 2.75) is 33.1 Å². The van der Waals surface area contributed by atoms with Gasteiger partial charge in [-0.1, -0.05) is 41.4 Å². The van der Waals surface area contributed by atoms with Crippen molar-refractivity contribution < 1.29 is 4.79 Å². The highest BCUT2D eigenvalue weighted by Gasteiger charge is 2.32. The van der Waals surface area contributed by atoms with Crippen LogP contribution in [0.15, 0.2) is 11.6 Å². The average Bonchev–Trinajstić information content (AvgIpc) is 2.01. The van der Waals surface area contributed by atoms with E-state index in [4.69, 9.17) is 11.6 Å². The molecule has 0 aromatic carbocycles. The SMILES string of the molecule is CC(C)=CC(Cl)C(C)(C)C(=O)CBr. The third-order valence-corrected chi connectivity index (χ3v) is 3.19. The summed E-state index contributed by atoms with van der Waals surface area (Å²) in [7, 11) is 0. The molecule has 0 N–H and O–H groups in total. The number of hydrogen-bond donors (Lipinski definition) is 0. The minimum atomic E-state index is -0.498. The lowest BCUT2D eigenvalue weighted by Gasteiger charge is -2.25. The quantitative estimate of drug-likeness (QED) is 0.562. The van der Waals surface area contributed by atoms with Gasteiger partial charge in [0, 0.05) is 5.41 Å². The van der Waals surface area contributed by atoms with Crippen molar-refractivity contribution in [2.75, 3.05) is 5.33 Å². The molecule has 0 radical (unpaired) electrons. The molecule has 0 heterocycles. The van der Waals surface area contributed by atoms with Crippen LogP contribution < -0.4 is 0 Å². The van der Waals surface area contributed by atoms with E-state index in [1.807, 2.05) is 33.8 Å². The van der Waals surface area contributed by atoms with Crippen LogP contribution in [0.5, 0.6) is 0 Å². The van der Waals surface area contributed by atoms with Gasteiger partial charge in [-0.15, -0.1) is 11.6 Å². The molecule has 0 aliphatic rings. The molecule has 13 heavy (non-hydrogen) atoms. The molecule has 3 heteroatoms. The normalized spacial score (nSPS) is 13.7. The minimum absolute atomic E-state index is 0.130. The van der Waals surface area contributed by atoms with Gasteiger partial charge in [-0.3, -0.25) is 4.79 Å². The van der Waals surface area contributed by atoms with E-state index in [1.165, 1.54) is 0 Å². The predicted molar refractivity (Wildman–Crippen MR) is 61.7 cm³/mol. The first-order chi connectivity index (χ1) is 5.82. The number of hydrogen-bond acceptors (Lipinski definition) is 1. The van der Waals surface area contributed by atoms with Crippen LogP contribution in [-0.2, 0) is 4.79 Å². The van der Waals surface area contributed by atoms with E-state index in [0.29, 0.717) is 5.33 Å². The Morgan fingerprint density at radius 2 is 2.00 bits per heavy atom. The zero-order chi connectivity index (χ0) is 10.6. The van der Waals surface area contributed by atoms with Crippen LogP contribution in [0.25, 0.3) is 0 Å². The number of alkyl halides is 2. The van der Waals surface area contributed by atoms with E-state index in [-0.39, 0.29) is 11.2 Å². The van der Waals surface area contributed by atoms with Crippen molar-refractivity contribution in [3.8, 4) is 0 Å². The molecule has 0 aromatic rings. The van der Waals surface area contributed by atoms with Crippen LogP contribution in [0.4, 0.5) is 0 Å². The second-order valence-corrected chi connectivity index (χ2v) is 4.96. The monoisotopic (exact) mass is 266 g/mol. The Morgan fingerprint density at radius 3 is 2.31 bits per heavy atom. The van der Waals surface area contributed by atoms with Crippen molar-refractivity contribution >= 4 is 33.3 Å². The number of allylic oxidation sites excluding steroid dienone is 2. The first kappa shape index (κ1) is 13.2. The van der Waals surface area contributed by atoms with Crippen molar-refractivity contribution in [1.82, 2.24) is 0 Å². The number of carbonyl (C=O) groups is 1. The van der Waals surface area contributed by atoms with E-state index in [2.05, 4.69) is 15.9 Å². The largest absolute Gasteiger partial charge is 0.298 e. The van der Waals surface area contributed by atoms with Gasteiger partial charge in [-0.25, -0.2) is 0 Å². The van der Waals surface area contributed by atoms with Crippen molar-refractivity contribution in [2.24, 2.45) is 5.41 Å². The van der Waals surface area contributed by atoms with Gasteiger partial charge in [0.2, 0.25) is 0 Å². The predicted octanol–water partition coefficient (Wildman–Crippen LogP) is 3.55. The Kier molecular flexibility index (Phi) is 5.23. The molecule has 0 bridgehead atoms.